The molecule has 0 saturated heterocycles. The average molecular weight is 234 g/mol. The lowest BCUT2D eigenvalue weighted by atomic mass is 10.1. The molecule has 0 aliphatic rings. The van der Waals surface area contributed by atoms with E-state index in [2.05, 4.69) is 4.98 Å². The molecule has 0 bridgehead atoms. The summed E-state index contributed by atoms with van der Waals surface area (Å²) < 4.78 is 0. The van der Waals surface area contributed by atoms with Gasteiger partial charge >= 0.3 is 5.97 Å². The van der Waals surface area contributed by atoms with E-state index < -0.39 is 5.97 Å². The molecule has 1 N–H and O–H groups in total. The smallest absolute Gasteiger partial charge is 0.354 e. The second-order valence-electron chi connectivity index (χ2n) is 3.20. The van der Waals surface area contributed by atoms with Crippen LogP contribution in [0.4, 0.5) is 0 Å². The van der Waals surface area contributed by atoms with Gasteiger partial charge in [0.1, 0.15) is 5.69 Å². The van der Waals surface area contributed by atoms with Crippen LogP contribution in [0.15, 0.2) is 42.5 Å². The molecule has 0 unspecified atom stereocenters. The number of benzene rings is 1. The van der Waals surface area contributed by atoms with E-state index in [1.165, 1.54) is 6.07 Å². The molecular weight excluding hydrogens is 226 g/mol. The minimum atomic E-state index is -1.06. The first-order valence-corrected chi connectivity index (χ1v) is 5.01. The number of pyridine rings is 1. The lowest BCUT2D eigenvalue weighted by molar-refractivity contribution is 0.0690. The monoisotopic (exact) mass is 233 g/mol. The Balaban J connectivity index is 2.56. The van der Waals surface area contributed by atoms with Crippen LogP contribution in [0, 0.1) is 0 Å². The number of aromatic nitrogens is 1. The quantitative estimate of drug-likeness (QED) is 0.867. The average Bonchev–Trinajstić information content (AvgIpc) is 2.30. The zero-order valence-corrected chi connectivity index (χ0v) is 8.98. The highest BCUT2D eigenvalue weighted by Gasteiger charge is 2.10. The summed E-state index contributed by atoms with van der Waals surface area (Å²) in [4.78, 5) is 14.8. The third-order valence-electron chi connectivity index (χ3n) is 2.11. The predicted octanol–water partition coefficient (Wildman–Crippen LogP) is 3.10. The highest BCUT2D eigenvalue weighted by atomic mass is 35.5. The van der Waals surface area contributed by atoms with Crippen molar-refractivity contribution in [2.24, 2.45) is 0 Å². The number of carboxylic acids is 1. The fourth-order valence-electron chi connectivity index (χ4n) is 1.36. The number of nitrogens with zero attached hydrogens (tertiary/aromatic N) is 1. The Kier molecular flexibility index (Phi) is 2.88. The van der Waals surface area contributed by atoms with Gasteiger partial charge < -0.3 is 5.11 Å². The molecule has 2 aromatic rings. The first-order chi connectivity index (χ1) is 7.68. The fourth-order valence-corrected chi connectivity index (χ4v) is 1.57. The van der Waals surface area contributed by atoms with Crippen LogP contribution < -0.4 is 0 Å². The maximum atomic E-state index is 10.8. The van der Waals surface area contributed by atoms with Gasteiger partial charge in [0.2, 0.25) is 0 Å². The summed E-state index contributed by atoms with van der Waals surface area (Å²) in [5, 5.41) is 9.28. The van der Waals surface area contributed by atoms with E-state index in [-0.39, 0.29) is 5.69 Å². The summed E-state index contributed by atoms with van der Waals surface area (Å²) in [6.45, 7) is 0. The Labute approximate surface area is 97.3 Å². The van der Waals surface area contributed by atoms with Gasteiger partial charge in [-0.25, -0.2) is 9.78 Å². The van der Waals surface area contributed by atoms with Crippen molar-refractivity contribution in [3.8, 4) is 11.3 Å². The van der Waals surface area contributed by atoms with Crippen molar-refractivity contribution in [2.45, 2.75) is 0 Å². The third-order valence-corrected chi connectivity index (χ3v) is 2.42. The highest BCUT2D eigenvalue weighted by Crippen LogP contribution is 2.25. The SMILES string of the molecule is O=C(O)c1ccc(Cl)c(-c2ccccc2)n1. The largest absolute Gasteiger partial charge is 0.477 e. The number of carboxylic acid groups (broad SMARTS) is 1. The molecule has 1 aromatic carbocycles. The molecule has 0 aliphatic heterocycles. The number of hydrogen-bond acceptors (Lipinski definition) is 2. The maximum absolute atomic E-state index is 10.8. The molecular formula is C12H8ClNO2. The molecule has 16 heavy (non-hydrogen) atoms. The first kappa shape index (κ1) is 10.6. The standard InChI is InChI=1S/C12H8ClNO2/c13-9-6-7-10(12(15)16)14-11(9)8-4-2-1-3-5-8/h1-7H,(H,15,16). The molecule has 1 aromatic heterocycles. The second-order valence-corrected chi connectivity index (χ2v) is 3.61. The van der Waals surface area contributed by atoms with E-state index in [0.717, 1.165) is 5.56 Å². The van der Waals surface area contributed by atoms with Gasteiger partial charge in [-0.3, -0.25) is 0 Å². The van der Waals surface area contributed by atoms with Crippen LogP contribution in [0.3, 0.4) is 0 Å². The van der Waals surface area contributed by atoms with Gasteiger partial charge in [-0.1, -0.05) is 41.9 Å². The highest BCUT2D eigenvalue weighted by molar-refractivity contribution is 6.33. The van der Waals surface area contributed by atoms with Crippen LogP contribution in [-0.2, 0) is 0 Å². The molecule has 0 radical (unpaired) electrons. The normalized spacial score (nSPS) is 10.1. The molecule has 0 fully saturated rings. The summed E-state index contributed by atoms with van der Waals surface area (Å²) in [5.74, 6) is -1.06. The van der Waals surface area contributed by atoms with Crippen molar-refractivity contribution in [3.63, 3.8) is 0 Å². The van der Waals surface area contributed by atoms with Crippen molar-refractivity contribution >= 4 is 17.6 Å². The predicted molar refractivity (Wildman–Crippen MR) is 61.6 cm³/mol. The van der Waals surface area contributed by atoms with Gasteiger partial charge in [0.05, 0.1) is 10.7 Å². The van der Waals surface area contributed by atoms with Crippen molar-refractivity contribution < 1.29 is 9.90 Å². The van der Waals surface area contributed by atoms with E-state index in [1.807, 2.05) is 30.3 Å². The Morgan fingerprint density at radius 3 is 2.44 bits per heavy atom. The second kappa shape index (κ2) is 4.33. The van der Waals surface area contributed by atoms with Crippen molar-refractivity contribution in [1.29, 1.82) is 0 Å². The molecule has 0 amide bonds. The van der Waals surface area contributed by atoms with E-state index in [9.17, 15) is 4.79 Å². The number of rotatable bonds is 2. The summed E-state index contributed by atoms with van der Waals surface area (Å²) in [5.41, 5.74) is 1.28. The maximum Gasteiger partial charge on any atom is 0.354 e. The Morgan fingerprint density at radius 2 is 1.81 bits per heavy atom. The van der Waals surface area contributed by atoms with Crippen molar-refractivity contribution in [1.82, 2.24) is 4.98 Å². The van der Waals surface area contributed by atoms with Crippen molar-refractivity contribution in [2.75, 3.05) is 0 Å². The number of hydrogen-bond donors (Lipinski definition) is 1. The third kappa shape index (κ3) is 2.04. The van der Waals surface area contributed by atoms with Gasteiger partial charge in [0.25, 0.3) is 0 Å². The van der Waals surface area contributed by atoms with Crippen LogP contribution in [-0.4, -0.2) is 16.1 Å². The van der Waals surface area contributed by atoms with Gasteiger partial charge in [0, 0.05) is 5.56 Å². The Hall–Kier alpha value is -1.87. The van der Waals surface area contributed by atoms with Gasteiger partial charge in [-0.2, -0.15) is 0 Å². The summed E-state index contributed by atoms with van der Waals surface area (Å²) in [6, 6.07) is 12.2. The molecule has 80 valence electrons. The lowest BCUT2D eigenvalue weighted by Crippen LogP contribution is -2.01. The van der Waals surface area contributed by atoms with E-state index in [0.29, 0.717) is 10.7 Å². The Morgan fingerprint density at radius 1 is 1.12 bits per heavy atom. The fraction of sp³-hybridized carbons (Fsp3) is 0. The summed E-state index contributed by atoms with van der Waals surface area (Å²) in [6.07, 6.45) is 0. The molecule has 0 aliphatic carbocycles. The minimum Gasteiger partial charge on any atom is -0.477 e. The van der Waals surface area contributed by atoms with Crippen molar-refractivity contribution in [3.05, 3.63) is 53.2 Å². The molecule has 0 spiro atoms. The van der Waals surface area contributed by atoms with Gasteiger partial charge in [-0.15, -0.1) is 0 Å². The topological polar surface area (TPSA) is 50.2 Å². The van der Waals surface area contributed by atoms with Crippen LogP contribution in [0.25, 0.3) is 11.3 Å². The zero-order chi connectivity index (χ0) is 11.5. The van der Waals surface area contributed by atoms with Gasteiger partial charge in [0.15, 0.2) is 0 Å². The van der Waals surface area contributed by atoms with Crippen LogP contribution in [0.1, 0.15) is 10.5 Å². The molecule has 2 rings (SSSR count). The number of halogens is 1. The molecule has 0 saturated carbocycles. The molecule has 3 nitrogen and oxygen atoms in total. The van der Waals surface area contributed by atoms with Gasteiger partial charge in [-0.05, 0) is 12.1 Å². The van der Waals surface area contributed by atoms with E-state index in [1.54, 1.807) is 6.07 Å². The molecule has 0 atom stereocenters. The lowest BCUT2D eigenvalue weighted by Gasteiger charge is -2.04. The van der Waals surface area contributed by atoms with E-state index >= 15 is 0 Å². The van der Waals surface area contributed by atoms with Crippen LogP contribution >= 0.6 is 11.6 Å². The summed E-state index contributed by atoms with van der Waals surface area (Å²) in [7, 11) is 0. The number of aromatic carboxylic acids is 1. The summed E-state index contributed by atoms with van der Waals surface area (Å²) >= 11 is 5.98. The zero-order valence-electron chi connectivity index (χ0n) is 8.22. The minimum absolute atomic E-state index is 0.0109. The molecule has 4 heteroatoms. The van der Waals surface area contributed by atoms with Crippen LogP contribution in [0.5, 0.6) is 0 Å². The molecule has 1 heterocycles. The van der Waals surface area contributed by atoms with Crippen LogP contribution in [0.2, 0.25) is 5.02 Å². The Bertz CT molecular complexity index is 526. The number of carbonyl (C=O) groups is 1. The van der Waals surface area contributed by atoms with E-state index in [4.69, 9.17) is 16.7 Å². The first-order valence-electron chi connectivity index (χ1n) is 4.64.